The standard InChI is InChI=1S/C19H18Cl2N2O2/c20-15-7-5-14(16(21)13-15)6-8-19(24)22-17-3-1-2-4-18(17)23-9-11-25-12-10-23/h1-8,13H,9-12H2,(H,22,24)/b8-6+. The first-order valence-corrected chi connectivity index (χ1v) is 8.75. The topological polar surface area (TPSA) is 41.6 Å². The summed E-state index contributed by atoms with van der Waals surface area (Å²) in [6.07, 6.45) is 3.14. The van der Waals surface area contributed by atoms with E-state index in [1.54, 1.807) is 24.3 Å². The normalized spacial score (nSPS) is 14.7. The number of nitrogens with zero attached hydrogens (tertiary/aromatic N) is 1. The highest BCUT2D eigenvalue weighted by atomic mass is 35.5. The van der Waals surface area contributed by atoms with Gasteiger partial charge in [-0.15, -0.1) is 0 Å². The molecule has 3 rings (SSSR count). The van der Waals surface area contributed by atoms with Gasteiger partial charge in [0.25, 0.3) is 0 Å². The van der Waals surface area contributed by atoms with Crippen molar-refractivity contribution >= 4 is 46.6 Å². The Morgan fingerprint density at radius 1 is 1.12 bits per heavy atom. The lowest BCUT2D eigenvalue weighted by Crippen LogP contribution is -2.36. The minimum absolute atomic E-state index is 0.216. The van der Waals surface area contributed by atoms with Gasteiger partial charge in [-0.1, -0.05) is 41.4 Å². The van der Waals surface area contributed by atoms with Crippen molar-refractivity contribution in [2.45, 2.75) is 0 Å². The fraction of sp³-hybridized carbons (Fsp3) is 0.211. The van der Waals surface area contributed by atoms with Crippen LogP contribution in [0.2, 0.25) is 10.0 Å². The molecule has 1 N–H and O–H groups in total. The number of hydrogen-bond donors (Lipinski definition) is 1. The smallest absolute Gasteiger partial charge is 0.248 e. The van der Waals surface area contributed by atoms with E-state index in [4.69, 9.17) is 27.9 Å². The Hall–Kier alpha value is -2.01. The second kappa shape index (κ2) is 8.39. The number of anilines is 2. The second-order valence-electron chi connectivity index (χ2n) is 5.60. The van der Waals surface area contributed by atoms with Crippen LogP contribution in [0.3, 0.4) is 0 Å². The van der Waals surface area contributed by atoms with Gasteiger partial charge in [-0.3, -0.25) is 4.79 Å². The van der Waals surface area contributed by atoms with E-state index in [1.165, 1.54) is 6.08 Å². The molecule has 0 atom stereocenters. The first-order chi connectivity index (χ1) is 12.1. The molecule has 130 valence electrons. The molecular weight excluding hydrogens is 359 g/mol. The van der Waals surface area contributed by atoms with Gasteiger partial charge < -0.3 is 15.0 Å². The molecule has 25 heavy (non-hydrogen) atoms. The Kier molecular flexibility index (Phi) is 5.97. The minimum Gasteiger partial charge on any atom is -0.378 e. The van der Waals surface area contributed by atoms with Crippen molar-refractivity contribution in [3.05, 3.63) is 64.1 Å². The SMILES string of the molecule is O=C(/C=C/c1ccc(Cl)cc1Cl)Nc1ccccc1N1CCOCC1. The molecule has 0 spiro atoms. The summed E-state index contributed by atoms with van der Waals surface area (Å²) in [6.45, 7) is 3.00. The molecule has 1 fully saturated rings. The number of nitrogens with one attached hydrogen (secondary N) is 1. The molecular formula is C19H18Cl2N2O2. The van der Waals surface area contributed by atoms with E-state index in [9.17, 15) is 4.79 Å². The lowest BCUT2D eigenvalue weighted by Gasteiger charge is -2.30. The van der Waals surface area contributed by atoms with Gasteiger partial charge in [0.05, 0.1) is 24.6 Å². The van der Waals surface area contributed by atoms with E-state index < -0.39 is 0 Å². The zero-order valence-corrected chi connectivity index (χ0v) is 15.1. The molecule has 2 aromatic rings. The van der Waals surface area contributed by atoms with Crippen LogP contribution >= 0.6 is 23.2 Å². The fourth-order valence-electron chi connectivity index (χ4n) is 2.64. The Morgan fingerprint density at radius 3 is 2.64 bits per heavy atom. The summed E-state index contributed by atoms with van der Waals surface area (Å²) in [5.74, 6) is -0.216. The predicted molar refractivity (Wildman–Crippen MR) is 104 cm³/mol. The highest BCUT2D eigenvalue weighted by molar-refractivity contribution is 6.35. The molecule has 1 amide bonds. The summed E-state index contributed by atoms with van der Waals surface area (Å²) in [6, 6.07) is 12.9. The van der Waals surface area contributed by atoms with E-state index in [1.807, 2.05) is 24.3 Å². The van der Waals surface area contributed by atoms with Gasteiger partial charge in [0, 0.05) is 29.2 Å². The highest BCUT2D eigenvalue weighted by Crippen LogP contribution is 2.26. The van der Waals surface area contributed by atoms with Crippen molar-refractivity contribution < 1.29 is 9.53 Å². The molecule has 0 unspecified atom stereocenters. The molecule has 0 aromatic heterocycles. The van der Waals surface area contributed by atoms with Crippen molar-refractivity contribution in [2.75, 3.05) is 36.5 Å². The van der Waals surface area contributed by atoms with E-state index in [2.05, 4.69) is 10.2 Å². The van der Waals surface area contributed by atoms with E-state index in [-0.39, 0.29) is 5.91 Å². The number of hydrogen-bond acceptors (Lipinski definition) is 3. The number of carbonyl (C=O) groups excluding carboxylic acids is 1. The number of rotatable bonds is 4. The van der Waals surface area contributed by atoms with Gasteiger partial charge in [-0.2, -0.15) is 0 Å². The van der Waals surface area contributed by atoms with Crippen LogP contribution in [0.15, 0.2) is 48.5 Å². The molecule has 0 radical (unpaired) electrons. The number of para-hydroxylation sites is 2. The average molecular weight is 377 g/mol. The van der Waals surface area contributed by atoms with E-state index in [0.717, 1.165) is 30.0 Å². The third-order valence-corrected chi connectivity index (χ3v) is 4.45. The molecule has 1 aliphatic heterocycles. The summed E-state index contributed by atoms with van der Waals surface area (Å²) in [5, 5.41) is 4.00. The van der Waals surface area contributed by atoms with E-state index in [0.29, 0.717) is 23.3 Å². The van der Waals surface area contributed by atoms with Crippen molar-refractivity contribution in [2.24, 2.45) is 0 Å². The first kappa shape index (κ1) is 17.8. The van der Waals surface area contributed by atoms with Crippen LogP contribution in [0.25, 0.3) is 6.08 Å². The number of amides is 1. The summed E-state index contributed by atoms with van der Waals surface area (Å²) >= 11 is 12.0. The van der Waals surface area contributed by atoms with Gasteiger partial charge in [0.2, 0.25) is 5.91 Å². The van der Waals surface area contributed by atoms with Crippen LogP contribution in [0, 0.1) is 0 Å². The Morgan fingerprint density at radius 2 is 1.88 bits per heavy atom. The summed E-state index contributed by atoms with van der Waals surface area (Å²) in [5.41, 5.74) is 2.51. The molecule has 0 aliphatic carbocycles. The lowest BCUT2D eigenvalue weighted by molar-refractivity contribution is -0.111. The number of carbonyl (C=O) groups is 1. The van der Waals surface area contributed by atoms with Crippen LogP contribution in [0.4, 0.5) is 11.4 Å². The minimum atomic E-state index is -0.216. The number of benzene rings is 2. The third-order valence-electron chi connectivity index (χ3n) is 3.89. The van der Waals surface area contributed by atoms with Crippen LogP contribution in [-0.2, 0) is 9.53 Å². The van der Waals surface area contributed by atoms with Crippen molar-refractivity contribution in [3.63, 3.8) is 0 Å². The largest absolute Gasteiger partial charge is 0.378 e. The van der Waals surface area contributed by atoms with Crippen molar-refractivity contribution in [1.82, 2.24) is 0 Å². The molecule has 4 nitrogen and oxygen atoms in total. The molecule has 0 saturated carbocycles. The maximum Gasteiger partial charge on any atom is 0.248 e. The molecule has 2 aromatic carbocycles. The van der Waals surface area contributed by atoms with Crippen molar-refractivity contribution in [1.29, 1.82) is 0 Å². The van der Waals surface area contributed by atoms with Gasteiger partial charge in [-0.25, -0.2) is 0 Å². The van der Waals surface area contributed by atoms with Crippen LogP contribution in [0.5, 0.6) is 0 Å². The number of halogens is 2. The summed E-state index contributed by atoms with van der Waals surface area (Å²) in [4.78, 5) is 14.5. The van der Waals surface area contributed by atoms with E-state index >= 15 is 0 Å². The van der Waals surface area contributed by atoms with Gasteiger partial charge in [-0.05, 0) is 35.9 Å². The van der Waals surface area contributed by atoms with Crippen LogP contribution in [-0.4, -0.2) is 32.2 Å². The third kappa shape index (κ3) is 4.75. The van der Waals surface area contributed by atoms with Gasteiger partial charge >= 0.3 is 0 Å². The average Bonchev–Trinajstić information content (AvgIpc) is 2.62. The quantitative estimate of drug-likeness (QED) is 0.799. The van der Waals surface area contributed by atoms with Crippen LogP contribution < -0.4 is 10.2 Å². The zero-order chi connectivity index (χ0) is 17.6. The molecule has 1 aliphatic rings. The maximum atomic E-state index is 12.3. The number of morpholine rings is 1. The highest BCUT2D eigenvalue weighted by Gasteiger charge is 2.15. The van der Waals surface area contributed by atoms with Gasteiger partial charge in [0.15, 0.2) is 0 Å². The maximum absolute atomic E-state index is 12.3. The van der Waals surface area contributed by atoms with Crippen LogP contribution in [0.1, 0.15) is 5.56 Å². The molecule has 6 heteroatoms. The van der Waals surface area contributed by atoms with Crippen molar-refractivity contribution in [3.8, 4) is 0 Å². The molecule has 0 bridgehead atoms. The Balaban J connectivity index is 1.71. The first-order valence-electron chi connectivity index (χ1n) is 7.99. The predicted octanol–water partition coefficient (Wildman–Crippen LogP) is 4.48. The second-order valence-corrected chi connectivity index (χ2v) is 6.45. The van der Waals surface area contributed by atoms with Gasteiger partial charge in [0.1, 0.15) is 0 Å². The monoisotopic (exact) mass is 376 g/mol. The Bertz CT molecular complexity index is 787. The Labute approximate surface area is 157 Å². The summed E-state index contributed by atoms with van der Waals surface area (Å²) < 4.78 is 5.39. The molecule has 1 saturated heterocycles. The summed E-state index contributed by atoms with van der Waals surface area (Å²) in [7, 11) is 0. The zero-order valence-electron chi connectivity index (χ0n) is 13.5. The number of ether oxygens (including phenoxy) is 1. The lowest BCUT2D eigenvalue weighted by atomic mass is 10.2. The molecule has 1 heterocycles. The fourth-order valence-corrected chi connectivity index (χ4v) is 3.11.